The lowest BCUT2D eigenvalue weighted by atomic mass is 10.4. The lowest BCUT2D eigenvalue weighted by Gasteiger charge is -1.91. The van der Waals surface area contributed by atoms with Gasteiger partial charge in [-0.05, 0) is 27.5 Å². The summed E-state index contributed by atoms with van der Waals surface area (Å²) in [5, 5.41) is 0. The van der Waals surface area contributed by atoms with Gasteiger partial charge < -0.3 is 4.74 Å². The van der Waals surface area contributed by atoms with E-state index in [4.69, 9.17) is 0 Å². The third kappa shape index (κ3) is 2.55. The number of halogens is 1. The zero-order valence-corrected chi connectivity index (χ0v) is 8.11. The molecular formula is C5H5BrN2O2S. The highest BCUT2D eigenvalue weighted by Gasteiger charge is 2.07. The number of nitrogens with zero attached hydrogens (tertiary/aromatic N) is 2. The van der Waals surface area contributed by atoms with Crippen molar-refractivity contribution in [1.29, 1.82) is 0 Å². The van der Waals surface area contributed by atoms with Crippen molar-refractivity contribution in [3.63, 3.8) is 0 Å². The van der Waals surface area contributed by atoms with Crippen molar-refractivity contribution < 1.29 is 9.53 Å². The third-order valence-electron chi connectivity index (χ3n) is 0.973. The Kier molecular flexibility index (Phi) is 2.95. The number of carbonyl (C=O) groups excluding carboxylic acids is 1. The number of carbonyl (C=O) groups is 1. The second-order valence-corrected chi connectivity index (χ2v) is 3.74. The molecule has 1 aromatic rings. The van der Waals surface area contributed by atoms with Crippen molar-refractivity contribution in [1.82, 2.24) is 9.36 Å². The summed E-state index contributed by atoms with van der Waals surface area (Å²) in [6, 6.07) is 0. The molecule has 0 aliphatic carbocycles. The minimum Gasteiger partial charge on any atom is -0.469 e. The summed E-state index contributed by atoms with van der Waals surface area (Å²) in [6.07, 6.45) is 0.137. The Balaban J connectivity index is 2.57. The van der Waals surface area contributed by atoms with Crippen molar-refractivity contribution in [2.45, 2.75) is 6.42 Å². The van der Waals surface area contributed by atoms with E-state index in [1.54, 1.807) is 0 Å². The Morgan fingerprint density at radius 1 is 1.82 bits per heavy atom. The standard InChI is InChI=1S/C5H5BrN2O2S/c1-10-4(9)2-3-7-5(6)11-8-3/h2H2,1H3. The van der Waals surface area contributed by atoms with Crippen LogP contribution < -0.4 is 0 Å². The van der Waals surface area contributed by atoms with E-state index in [-0.39, 0.29) is 12.4 Å². The average Bonchev–Trinajstić information content (AvgIpc) is 2.35. The molecule has 1 aromatic heterocycles. The van der Waals surface area contributed by atoms with Crippen LogP contribution in [-0.2, 0) is 16.0 Å². The zero-order valence-electron chi connectivity index (χ0n) is 5.70. The second-order valence-electron chi connectivity index (χ2n) is 1.72. The Bertz CT molecular complexity index is 263. The van der Waals surface area contributed by atoms with Crippen LogP contribution in [0, 0.1) is 0 Å². The molecule has 0 aliphatic heterocycles. The molecule has 1 rings (SSSR count). The number of esters is 1. The average molecular weight is 237 g/mol. The van der Waals surface area contributed by atoms with Crippen LogP contribution in [-0.4, -0.2) is 22.4 Å². The summed E-state index contributed by atoms with van der Waals surface area (Å²) in [7, 11) is 1.34. The van der Waals surface area contributed by atoms with Crippen LogP contribution in [0.4, 0.5) is 0 Å². The first kappa shape index (κ1) is 8.61. The molecule has 0 radical (unpaired) electrons. The van der Waals surface area contributed by atoms with E-state index in [0.717, 1.165) is 0 Å². The van der Waals surface area contributed by atoms with Gasteiger partial charge in [-0.25, -0.2) is 4.98 Å². The van der Waals surface area contributed by atoms with Crippen LogP contribution in [0.2, 0.25) is 0 Å². The molecule has 1 heterocycles. The van der Waals surface area contributed by atoms with E-state index in [1.807, 2.05) is 0 Å². The van der Waals surface area contributed by atoms with Gasteiger partial charge in [-0.3, -0.25) is 4.79 Å². The van der Waals surface area contributed by atoms with E-state index in [2.05, 4.69) is 30.0 Å². The smallest absolute Gasteiger partial charge is 0.313 e. The fraction of sp³-hybridized carbons (Fsp3) is 0.400. The predicted molar refractivity (Wildman–Crippen MR) is 43.3 cm³/mol. The summed E-state index contributed by atoms with van der Waals surface area (Å²) >= 11 is 4.34. The van der Waals surface area contributed by atoms with E-state index < -0.39 is 0 Å². The van der Waals surface area contributed by atoms with Crippen molar-refractivity contribution in [3.8, 4) is 0 Å². The minimum atomic E-state index is -0.324. The van der Waals surface area contributed by atoms with Gasteiger partial charge in [0.05, 0.1) is 7.11 Å². The van der Waals surface area contributed by atoms with Crippen molar-refractivity contribution in [3.05, 3.63) is 9.74 Å². The van der Waals surface area contributed by atoms with Gasteiger partial charge in [0.25, 0.3) is 0 Å². The van der Waals surface area contributed by atoms with Gasteiger partial charge in [-0.15, -0.1) is 0 Å². The van der Waals surface area contributed by atoms with Crippen molar-refractivity contribution >= 4 is 33.4 Å². The van der Waals surface area contributed by atoms with Gasteiger partial charge in [-0.2, -0.15) is 4.37 Å². The van der Waals surface area contributed by atoms with E-state index in [0.29, 0.717) is 9.74 Å². The molecule has 0 saturated heterocycles. The molecule has 0 fully saturated rings. The SMILES string of the molecule is COC(=O)Cc1nsc(Br)n1. The van der Waals surface area contributed by atoms with Crippen LogP contribution in [0.25, 0.3) is 0 Å². The minimum absolute atomic E-state index is 0.137. The van der Waals surface area contributed by atoms with Gasteiger partial charge in [0.15, 0.2) is 9.74 Å². The second kappa shape index (κ2) is 3.77. The number of ether oxygens (including phenoxy) is 1. The molecule has 0 bridgehead atoms. The normalized spacial score (nSPS) is 9.64. The van der Waals surface area contributed by atoms with Crippen LogP contribution >= 0.6 is 27.5 Å². The maximum Gasteiger partial charge on any atom is 0.313 e. The summed E-state index contributed by atoms with van der Waals surface area (Å²) in [6.45, 7) is 0. The fourth-order valence-electron chi connectivity index (χ4n) is 0.506. The Morgan fingerprint density at radius 3 is 3.00 bits per heavy atom. The van der Waals surface area contributed by atoms with Gasteiger partial charge in [0, 0.05) is 0 Å². The third-order valence-corrected chi connectivity index (χ3v) is 2.13. The first-order chi connectivity index (χ1) is 5.22. The quantitative estimate of drug-likeness (QED) is 0.720. The molecule has 0 atom stereocenters. The van der Waals surface area contributed by atoms with Crippen molar-refractivity contribution in [2.75, 3.05) is 7.11 Å². The van der Waals surface area contributed by atoms with E-state index >= 15 is 0 Å². The Morgan fingerprint density at radius 2 is 2.55 bits per heavy atom. The number of methoxy groups -OCH3 is 1. The largest absolute Gasteiger partial charge is 0.469 e. The molecule has 4 nitrogen and oxygen atoms in total. The van der Waals surface area contributed by atoms with Gasteiger partial charge in [-0.1, -0.05) is 0 Å². The molecule has 0 N–H and O–H groups in total. The maximum atomic E-state index is 10.7. The number of hydrogen-bond donors (Lipinski definition) is 0. The van der Waals surface area contributed by atoms with Gasteiger partial charge >= 0.3 is 5.97 Å². The lowest BCUT2D eigenvalue weighted by molar-refractivity contribution is -0.139. The van der Waals surface area contributed by atoms with Crippen LogP contribution in [0.5, 0.6) is 0 Å². The highest BCUT2D eigenvalue weighted by Crippen LogP contribution is 2.11. The molecule has 0 aliphatic rings. The lowest BCUT2D eigenvalue weighted by Crippen LogP contribution is -2.05. The molecule has 0 amide bonds. The molecule has 0 saturated carbocycles. The predicted octanol–water partition coefficient (Wildman–Crippen LogP) is 1.02. The summed E-state index contributed by atoms with van der Waals surface area (Å²) in [4.78, 5) is 14.6. The first-order valence-corrected chi connectivity index (χ1v) is 4.34. The molecule has 0 aromatic carbocycles. The summed E-state index contributed by atoms with van der Waals surface area (Å²) in [5.41, 5.74) is 0. The molecule has 0 spiro atoms. The Hall–Kier alpha value is -0.490. The number of hydrogen-bond acceptors (Lipinski definition) is 5. The monoisotopic (exact) mass is 236 g/mol. The molecule has 6 heteroatoms. The van der Waals surface area contributed by atoms with Gasteiger partial charge in [0.1, 0.15) is 6.42 Å². The number of rotatable bonds is 2. The highest BCUT2D eigenvalue weighted by molar-refractivity contribution is 9.11. The molecule has 0 unspecified atom stereocenters. The fourth-order valence-corrected chi connectivity index (χ4v) is 1.36. The van der Waals surface area contributed by atoms with Crippen LogP contribution in [0.3, 0.4) is 0 Å². The Labute approximate surface area is 75.9 Å². The maximum absolute atomic E-state index is 10.7. The summed E-state index contributed by atoms with van der Waals surface area (Å²) < 4.78 is 9.00. The summed E-state index contributed by atoms with van der Waals surface area (Å²) in [5.74, 6) is 0.170. The van der Waals surface area contributed by atoms with Crippen LogP contribution in [0.15, 0.2) is 3.92 Å². The highest BCUT2D eigenvalue weighted by atomic mass is 79.9. The molecular weight excluding hydrogens is 232 g/mol. The van der Waals surface area contributed by atoms with Crippen LogP contribution in [0.1, 0.15) is 5.82 Å². The van der Waals surface area contributed by atoms with E-state index in [9.17, 15) is 4.79 Å². The van der Waals surface area contributed by atoms with E-state index in [1.165, 1.54) is 18.6 Å². The molecule has 60 valence electrons. The number of aromatic nitrogens is 2. The zero-order chi connectivity index (χ0) is 8.27. The first-order valence-electron chi connectivity index (χ1n) is 2.77. The molecule has 11 heavy (non-hydrogen) atoms. The van der Waals surface area contributed by atoms with Crippen molar-refractivity contribution in [2.24, 2.45) is 0 Å². The topological polar surface area (TPSA) is 52.1 Å². The van der Waals surface area contributed by atoms with Gasteiger partial charge in [0.2, 0.25) is 0 Å².